The van der Waals surface area contributed by atoms with Gasteiger partial charge in [0.1, 0.15) is 11.8 Å². The second-order valence-electron chi connectivity index (χ2n) is 4.91. The largest absolute Gasteiger partial charge is 0.497 e. The molecule has 0 amide bonds. The number of anilines is 1. The van der Waals surface area contributed by atoms with E-state index in [-0.39, 0.29) is 6.61 Å². The second kappa shape index (κ2) is 9.86. The van der Waals surface area contributed by atoms with E-state index in [1.54, 1.807) is 31.5 Å². The first kappa shape index (κ1) is 19.0. The summed E-state index contributed by atoms with van der Waals surface area (Å²) in [5.41, 5.74) is 4.34. The molecule has 2 aromatic rings. The molecule has 0 aromatic heterocycles. The van der Waals surface area contributed by atoms with Gasteiger partial charge in [0.25, 0.3) is 0 Å². The lowest BCUT2D eigenvalue weighted by atomic mass is 10.2. The van der Waals surface area contributed by atoms with Crippen LogP contribution in [0.3, 0.4) is 0 Å². The van der Waals surface area contributed by atoms with E-state index in [0.717, 1.165) is 17.0 Å². The zero-order valence-electron chi connectivity index (χ0n) is 14.4. The Kier molecular flexibility index (Phi) is 7.21. The van der Waals surface area contributed by atoms with Crippen molar-refractivity contribution in [2.75, 3.05) is 26.1 Å². The number of nitriles is 1. The van der Waals surface area contributed by atoms with Crippen molar-refractivity contribution in [3.05, 3.63) is 48.0 Å². The lowest BCUT2D eigenvalue weighted by Crippen LogP contribution is -2.23. The van der Waals surface area contributed by atoms with Crippen LogP contribution in [0.5, 0.6) is 17.2 Å². The zero-order valence-corrected chi connectivity index (χ0v) is 15.2. The zero-order chi connectivity index (χ0) is 18.8. The van der Waals surface area contributed by atoms with Gasteiger partial charge in [0, 0.05) is 5.69 Å². The average molecular weight is 370 g/mol. The van der Waals surface area contributed by atoms with Crippen LogP contribution in [0.25, 0.3) is 0 Å². The molecular weight excluding hydrogens is 352 g/mol. The highest BCUT2D eigenvalue weighted by Crippen LogP contribution is 2.27. The fourth-order valence-electron chi connectivity index (χ4n) is 1.99. The minimum atomic E-state index is -0.0450. The van der Waals surface area contributed by atoms with Crippen molar-refractivity contribution < 1.29 is 14.2 Å². The van der Waals surface area contributed by atoms with Crippen LogP contribution in [0.1, 0.15) is 5.56 Å². The quantitative estimate of drug-likeness (QED) is 0.440. The van der Waals surface area contributed by atoms with E-state index in [1.165, 1.54) is 7.11 Å². The van der Waals surface area contributed by atoms with Gasteiger partial charge in [0.15, 0.2) is 23.2 Å². The number of ether oxygens (including phenoxy) is 3. The Labute approximate surface area is 157 Å². The Morgan fingerprint density at radius 1 is 1.15 bits per heavy atom. The molecule has 0 aliphatic rings. The van der Waals surface area contributed by atoms with E-state index >= 15 is 0 Å². The first-order chi connectivity index (χ1) is 12.7. The van der Waals surface area contributed by atoms with Crippen molar-refractivity contribution in [2.24, 2.45) is 5.10 Å². The molecule has 7 nitrogen and oxygen atoms in total. The molecule has 26 heavy (non-hydrogen) atoms. The SMILES string of the molecule is COc1ccc(NC(=S)N/N=C\c2ccc(OCC#N)c(OC)c2)cc1. The van der Waals surface area contributed by atoms with Crippen molar-refractivity contribution in [2.45, 2.75) is 0 Å². The average Bonchev–Trinajstić information content (AvgIpc) is 2.67. The van der Waals surface area contributed by atoms with Gasteiger partial charge in [0.2, 0.25) is 0 Å². The predicted octanol–water partition coefficient (Wildman–Crippen LogP) is 2.93. The summed E-state index contributed by atoms with van der Waals surface area (Å²) < 4.78 is 15.6. The number of hydrogen-bond donors (Lipinski definition) is 2. The van der Waals surface area contributed by atoms with Gasteiger partial charge in [-0.15, -0.1) is 0 Å². The molecule has 2 N–H and O–H groups in total. The van der Waals surface area contributed by atoms with Crippen LogP contribution in [0, 0.1) is 11.3 Å². The number of methoxy groups -OCH3 is 2. The normalized spacial score (nSPS) is 10.0. The summed E-state index contributed by atoms with van der Waals surface area (Å²) in [7, 11) is 3.14. The van der Waals surface area contributed by atoms with Gasteiger partial charge in [0.05, 0.1) is 20.4 Å². The smallest absolute Gasteiger partial charge is 0.191 e. The standard InChI is InChI=1S/C18H18N4O3S/c1-23-15-6-4-14(5-7-15)21-18(26)22-20-12-13-3-8-16(25-10-9-19)17(11-13)24-2/h3-8,11-12H,10H2,1-2H3,(H2,21,22,26)/b20-12-. The molecule has 0 saturated heterocycles. The molecule has 0 aliphatic heterocycles. The van der Waals surface area contributed by atoms with Crippen molar-refractivity contribution >= 4 is 29.2 Å². The van der Waals surface area contributed by atoms with Crippen molar-refractivity contribution in [1.29, 1.82) is 5.26 Å². The van der Waals surface area contributed by atoms with Crippen LogP contribution in [-0.4, -0.2) is 32.2 Å². The topological polar surface area (TPSA) is 87.9 Å². The minimum Gasteiger partial charge on any atom is -0.497 e. The van der Waals surface area contributed by atoms with Gasteiger partial charge < -0.3 is 19.5 Å². The summed E-state index contributed by atoms with van der Waals surface area (Å²) >= 11 is 5.19. The van der Waals surface area contributed by atoms with E-state index < -0.39 is 0 Å². The summed E-state index contributed by atoms with van der Waals surface area (Å²) in [6, 6.07) is 14.5. The van der Waals surface area contributed by atoms with Gasteiger partial charge in [-0.25, -0.2) is 0 Å². The number of rotatable bonds is 7. The molecule has 0 spiro atoms. The van der Waals surface area contributed by atoms with Gasteiger partial charge in [-0.2, -0.15) is 10.4 Å². The summed E-state index contributed by atoms with van der Waals surface area (Å²) in [6.07, 6.45) is 1.60. The molecule has 2 rings (SSSR count). The number of thiocarbonyl (C=S) groups is 1. The highest BCUT2D eigenvalue weighted by atomic mass is 32.1. The van der Waals surface area contributed by atoms with Crippen LogP contribution in [0.2, 0.25) is 0 Å². The number of nitrogens with one attached hydrogen (secondary N) is 2. The molecule has 0 saturated carbocycles. The molecule has 2 aromatic carbocycles. The van der Waals surface area contributed by atoms with E-state index in [2.05, 4.69) is 15.8 Å². The Balaban J connectivity index is 1.92. The molecule has 0 radical (unpaired) electrons. The van der Waals surface area contributed by atoms with Gasteiger partial charge in [-0.3, -0.25) is 5.43 Å². The molecule has 8 heteroatoms. The number of hydrazone groups is 1. The third-order valence-electron chi connectivity index (χ3n) is 3.21. The Bertz CT molecular complexity index is 816. The second-order valence-corrected chi connectivity index (χ2v) is 5.32. The molecule has 134 valence electrons. The first-order valence-electron chi connectivity index (χ1n) is 7.58. The monoisotopic (exact) mass is 370 g/mol. The highest BCUT2D eigenvalue weighted by molar-refractivity contribution is 7.80. The Morgan fingerprint density at radius 3 is 2.58 bits per heavy atom. The predicted molar refractivity (Wildman–Crippen MR) is 104 cm³/mol. The molecule has 0 aliphatic carbocycles. The Hall–Kier alpha value is -3.31. The lowest BCUT2D eigenvalue weighted by molar-refractivity contribution is 0.329. The Morgan fingerprint density at radius 2 is 1.92 bits per heavy atom. The van der Waals surface area contributed by atoms with Crippen LogP contribution >= 0.6 is 12.2 Å². The van der Waals surface area contributed by atoms with E-state index in [1.807, 2.05) is 30.3 Å². The third kappa shape index (κ3) is 5.65. The van der Waals surface area contributed by atoms with Gasteiger partial charge in [-0.05, 0) is 60.2 Å². The van der Waals surface area contributed by atoms with Crippen LogP contribution < -0.4 is 25.0 Å². The van der Waals surface area contributed by atoms with Crippen LogP contribution in [-0.2, 0) is 0 Å². The van der Waals surface area contributed by atoms with E-state index in [0.29, 0.717) is 16.6 Å². The first-order valence-corrected chi connectivity index (χ1v) is 7.99. The van der Waals surface area contributed by atoms with E-state index in [4.69, 9.17) is 31.7 Å². The van der Waals surface area contributed by atoms with Crippen LogP contribution in [0.4, 0.5) is 5.69 Å². The highest BCUT2D eigenvalue weighted by Gasteiger charge is 2.04. The van der Waals surface area contributed by atoms with Crippen molar-refractivity contribution in [3.63, 3.8) is 0 Å². The third-order valence-corrected chi connectivity index (χ3v) is 3.40. The molecule has 0 heterocycles. The molecule has 0 unspecified atom stereocenters. The summed E-state index contributed by atoms with van der Waals surface area (Å²) in [5, 5.41) is 16.0. The minimum absolute atomic E-state index is 0.0450. The fraction of sp³-hybridized carbons (Fsp3) is 0.167. The maximum Gasteiger partial charge on any atom is 0.191 e. The van der Waals surface area contributed by atoms with Gasteiger partial charge in [-0.1, -0.05) is 0 Å². The van der Waals surface area contributed by atoms with E-state index in [9.17, 15) is 0 Å². The lowest BCUT2D eigenvalue weighted by Gasteiger charge is -2.09. The number of nitrogens with zero attached hydrogens (tertiary/aromatic N) is 2. The summed E-state index contributed by atoms with van der Waals surface area (Å²) in [6.45, 7) is -0.0450. The van der Waals surface area contributed by atoms with Crippen molar-refractivity contribution in [3.8, 4) is 23.3 Å². The van der Waals surface area contributed by atoms with Crippen LogP contribution in [0.15, 0.2) is 47.6 Å². The molecule has 0 atom stereocenters. The summed E-state index contributed by atoms with van der Waals surface area (Å²) in [4.78, 5) is 0. The summed E-state index contributed by atoms with van der Waals surface area (Å²) in [5.74, 6) is 1.78. The molecular formula is C18H18N4O3S. The maximum absolute atomic E-state index is 8.58. The maximum atomic E-state index is 8.58. The van der Waals surface area contributed by atoms with Gasteiger partial charge >= 0.3 is 0 Å². The molecule has 0 bridgehead atoms. The fourth-order valence-corrected chi connectivity index (χ4v) is 2.16. The number of hydrogen-bond acceptors (Lipinski definition) is 6. The van der Waals surface area contributed by atoms with Crippen molar-refractivity contribution in [1.82, 2.24) is 5.43 Å². The number of benzene rings is 2. The molecule has 0 fully saturated rings.